The largest absolute Gasteiger partial charge is 0.439 e. The van der Waals surface area contributed by atoms with Crippen LogP contribution in [0.15, 0.2) is 59.5 Å². The highest BCUT2D eigenvalue weighted by molar-refractivity contribution is 9.10. The van der Waals surface area contributed by atoms with E-state index >= 15 is 0 Å². The molecule has 0 unspecified atom stereocenters. The number of hydrogen-bond acceptors (Lipinski definition) is 4. The molecule has 2 aromatic heterocycles. The highest BCUT2D eigenvalue weighted by Crippen LogP contribution is 2.23. The number of rotatable bonds is 4. The summed E-state index contributed by atoms with van der Waals surface area (Å²) in [4.78, 5) is 16.1. The fraction of sp³-hybridized carbons (Fsp3) is 0. The molecule has 0 radical (unpaired) electrons. The smallest absolute Gasteiger partial charge is 0.257 e. The predicted octanol–water partition coefficient (Wildman–Crippen LogP) is 3.61. The first-order chi connectivity index (χ1) is 10.7. The first-order valence-corrected chi connectivity index (χ1v) is 7.19. The van der Waals surface area contributed by atoms with Gasteiger partial charge in [0.25, 0.3) is 5.91 Å². The quantitative estimate of drug-likeness (QED) is 0.746. The van der Waals surface area contributed by atoms with Gasteiger partial charge in [-0.15, -0.1) is 0 Å². The molecule has 3 rings (SSSR count). The van der Waals surface area contributed by atoms with Gasteiger partial charge in [0, 0.05) is 22.9 Å². The molecule has 0 fully saturated rings. The summed E-state index contributed by atoms with van der Waals surface area (Å²) >= 11 is 3.37. The number of carbonyl (C=O) groups is 1. The Morgan fingerprint density at radius 1 is 1.23 bits per heavy atom. The average molecular weight is 359 g/mol. The third-order valence-corrected chi connectivity index (χ3v) is 3.27. The van der Waals surface area contributed by atoms with E-state index < -0.39 is 0 Å². The zero-order chi connectivity index (χ0) is 15.4. The second-order valence-electron chi connectivity index (χ2n) is 4.39. The van der Waals surface area contributed by atoms with E-state index in [1.807, 2.05) is 24.3 Å². The minimum absolute atomic E-state index is 0.261. The molecule has 2 N–H and O–H groups in total. The molecule has 0 spiro atoms. The molecule has 0 aliphatic rings. The van der Waals surface area contributed by atoms with Crippen LogP contribution in [0.3, 0.4) is 0 Å². The number of nitrogens with zero attached hydrogens (tertiary/aromatic N) is 2. The molecular weight excluding hydrogens is 348 g/mol. The number of anilines is 1. The van der Waals surface area contributed by atoms with Gasteiger partial charge in [0.15, 0.2) is 0 Å². The number of carbonyl (C=O) groups excluding carboxylic acids is 1. The molecule has 0 aliphatic carbocycles. The molecule has 22 heavy (non-hydrogen) atoms. The minimum atomic E-state index is -0.261. The lowest BCUT2D eigenvalue weighted by Gasteiger charge is -2.06. The van der Waals surface area contributed by atoms with Crippen LogP contribution < -0.4 is 10.1 Å². The van der Waals surface area contributed by atoms with Crippen molar-refractivity contribution < 1.29 is 9.53 Å². The van der Waals surface area contributed by atoms with Gasteiger partial charge in [0.1, 0.15) is 5.75 Å². The van der Waals surface area contributed by atoms with Gasteiger partial charge >= 0.3 is 0 Å². The van der Waals surface area contributed by atoms with Crippen molar-refractivity contribution in [2.24, 2.45) is 0 Å². The normalized spacial score (nSPS) is 10.2. The van der Waals surface area contributed by atoms with Gasteiger partial charge in [-0.3, -0.25) is 9.89 Å². The zero-order valence-electron chi connectivity index (χ0n) is 11.3. The molecule has 0 saturated heterocycles. The minimum Gasteiger partial charge on any atom is -0.439 e. The first-order valence-electron chi connectivity index (χ1n) is 6.40. The SMILES string of the molecule is O=C(Nc1cn[nH]c1)c1ccc(Oc2cccc(Br)c2)nc1. The van der Waals surface area contributed by atoms with E-state index in [4.69, 9.17) is 4.74 Å². The van der Waals surface area contributed by atoms with Crippen LogP contribution in [0.5, 0.6) is 11.6 Å². The number of nitrogens with one attached hydrogen (secondary N) is 2. The summed E-state index contributed by atoms with van der Waals surface area (Å²) in [5.41, 5.74) is 1.03. The second kappa shape index (κ2) is 6.40. The van der Waals surface area contributed by atoms with Gasteiger partial charge < -0.3 is 10.1 Å². The van der Waals surface area contributed by atoms with Crippen LogP contribution >= 0.6 is 15.9 Å². The molecule has 7 heteroatoms. The van der Waals surface area contributed by atoms with Crippen molar-refractivity contribution >= 4 is 27.5 Å². The highest BCUT2D eigenvalue weighted by Gasteiger charge is 2.08. The lowest BCUT2D eigenvalue weighted by atomic mass is 10.2. The molecule has 1 aromatic carbocycles. The van der Waals surface area contributed by atoms with E-state index in [2.05, 4.69) is 36.4 Å². The van der Waals surface area contributed by atoms with E-state index in [-0.39, 0.29) is 5.91 Å². The summed E-state index contributed by atoms with van der Waals surface area (Å²) in [5, 5.41) is 9.08. The van der Waals surface area contributed by atoms with Crippen LogP contribution in [0.25, 0.3) is 0 Å². The van der Waals surface area contributed by atoms with E-state index in [0.717, 1.165) is 4.47 Å². The summed E-state index contributed by atoms with van der Waals surface area (Å²) in [5.74, 6) is 0.818. The first kappa shape index (κ1) is 14.3. The number of aromatic amines is 1. The van der Waals surface area contributed by atoms with Gasteiger partial charge in [-0.2, -0.15) is 5.10 Å². The summed E-state index contributed by atoms with van der Waals surface area (Å²) in [6, 6.07) is 10.7. The Hall–Kier alpha value is -2.67. The number of halogens is 1. The van der Waals surface area contributed by atoms with Gasteiger partial charge in [-0.05, 0) is 24.3 Å². The number of pyridine rings is 1. The van der Waals surface area contributed by atoms with Crippen LogP contribution in [0, 0.1) is 0 Å². The Balaban J connectivity index is 1.68. The van der Waals surface area contributed by atoms with Crippen molar-refractivity contribution in [3.8, 4) is 11.6 Å². The molecule has 0 aliphatic heterocycles. The lowest BCUT2D eigenvalue weighted by Crippen LogP contribution is -2.11. The van der Waals surface area contributed by atoms with Gasteiger partial charge in [-0.25, -0.2) is 4.98 Å². The van der Waals surface area contributed by atoms with Gasteiger partial charge in [-0.1, -0.05) is 22.0 Å². The van der Waals surface area contributed by atoms with Crippen molar-refractivity contribution in [2.75, 3.05) is 5.32 Å². The summed E-state index contributed by atoms with van der Waals surface area (Å²) < 4.78 is 6.53. The maximum atomic E-state index is 12.0. The number of aromatic nitrogens is 3. The zero-order valence-corrected chi connectivity index (χ0v) is 12.9. The van der Waals surface area contributed by atoms with Crippen molar-refractivity contribution in [3.05, 3.63) is 65.0 Å². The van der Waals surface area contributed by atoms with Crippen LogP contribution in [-0.2, 0) is 0 Å². The number of ether oxygens (including phenoxy) is 1. The fourth-order valence-corrected chi connectivity index (χ4v) is 2.13. The van der Waals surface area contributed by atoms with Crippen molar-refractivity contribution in [1.29, 1.82) is 0 Å². The van der Waals surface area contributed by atoms with Crippen LogP contribution in [-0.4, -0.2) is 21.1 Å². The molecule has 110 valence electrons. The number of amides is 1. The molecule has 3 aromatic rings. The Bertz CT molecular complexity index is 773. The molecule has 2 heterocycles. The van der Waals surface area contributed by atoms with E-state index in [1.54, 1.807) is 18.3 Å². The van der Waals surface area contributed by atoms with Gasteiger partial charge in [0.2, 0.25) is 5.88 Å². The monoisotopic (exact) mass is 358 g/mol. The van der Waals surface area contributed by atoms with E-state index in [9.17, 15) is 4.79 Å². The second-order valence-corrected chi connectivity index (χ2v) is 5.30. The van der Waals surface area contributed by atoms with E-state index in [1.165, 1.54) is 12.4 Å². The molecule has 0 atom stereocenters. The Morgan fingerprint density at radius 2 is 2.14 bits per heavy atom. The summed E-state index contributed by atoms with van der Waals surface area (Å²) in [6.07, 6.45) is 4.58. The third-order valence-electron chi connectivity index (χ3n) is 2.77. The highest BCUT2D eigenvalue weighted by atomic mass is 79.9. The predicted molar refractivity (Wildman–Crippen MR) is 85.0 cm³/mol. The van der Waals surface area contributed by atoms with Crippen LogP contribution in [0.4, 0.5) is 5.69 Å². The van der Waals surface area contributed by atoms with E-state index in [0.29, 0.717) is 22.9 Å². The van der Waals surface area contributed by atoms with Crippen LogP contribution in [0.1, 0.15) is 10.4 Å². The maximum absolute atomic E-state index is 12.0. The third kappa shape index (κ3) is 3.50. The maximum Gasteiger partial charge on any atom is 0.257 e. The molecule has 6 nitrogen and oxygen atoms in total. The average Bonchev–Trinajstić information content (AvgIpc) is 3.01. The lowest BCUT2D eigenvalue weighted by molar-refractivity contribution is 0.102. The summed E-state index contributed by atoms with van der Waals surface area (Å²) in [6.45, 7) is 0. The number of benzene rings is 1. The van der Waals surface area contributed by atoms with Crippen molar-refractivity contribution in [2.45, 2.75) is 0 Å². The van der Waals surface area contributed by atoms with Crippen LogP contribution in [0.2, 0.25) is 0 Å². The summed E-state index contributed by atoms with van der Waals surface area (Å²) in [7, 11) is 0. The topological polar surface area (TPSA) is 79.9 Å². The molecular formula is C15H11BrN4O2. The number of H-pyrrole nitrogens is 1. The number of hydrogen-bond donors (Lipinski definition) is 2. The standard InChI is InChI=1S/C15H11BrN4O2/c16-11-2-1-3-13(6-11)22-14-5-4-10(7-17-14)15(21)20-12-8-18-19-9-12/h1-9H,(H,18,19)(H,20,21). The van der Waals surface area contributed by atoms with Crippen molar-refractivity contribution in [1.82, 2.24) is 15.2 Å². The Labute approximate surface area is 134 Å². The fourth-order valence-electron chi connectivity index (χ4n) is 1.75. The molecule has 0 saturated carbocycles. The van der Waals surface area contributed by atoms with Crippen molar-refractivity contribution in [3.63, 3.8) is 0 Å². The van der Waals surface area contributed by atoms with Gasteiger partial charge in [0.05, 0.1) is 17.4 Å². The molecule has 0 bridgehead atoms. The molecule has 1 amide bonds. The Morgan fingerprint density at radius 3 is 2.82 bits per heavy atom. The Kier molecular flexibility index (Phi) is 4.15.